The third-order valence-electron chi connectivity index (χ3n) is 6.81. The smallest absolute Gasteiger partial charge is 0.404 e. The summed E-state index contributed by atoms with van der Waals surface area (Å²) in [7, 11) is 0. The highest BCUT2D eigenvalue weighted by Gasteiger charge is 2.23. The molecule has 196 valence electrons. The first kappa shape index (κ1) is 26.3. The molecule has 10 heteroatoms. The normalized spacial score (nSPS) is 18.2. The van der Waals surface area contributed by atoms with Crippen LogP contribution in [-0.2, 0) is 0 Å². The predicted molar refractivity (Wildman–Crippen MR) is 140 cm³/mol. The van der Waals surface area contributed by atoms with E-state index in [4.69, 9.17) is 15.2 Å². The summed E-state index contributed by atoms with van der Waals surface area (Å²) in [5, 5.41) is 36.5. The molecule has 1 fully saturated rings. The van der Waals surface area contributed by atoms with Crippen molar-refractivity contribution in [2.75, 3.05) is 31.6 Å². The molecule has 3 aromatic rings. The lowest BCUT2D eigenvalue weighted by Gasteiger charge is -2.28. The van der Waals surface area contributed by atoms with Gasteiger partial charge in [0.25, 0.3) is 5.91 Å². The van der Waals surface area contributed by atoms with E-state index < -0.39 is 12.2 Å². The van der Waals surface area contributed by atoms with Crippen LogP contribution in [0.25, 0.3) is 22.2 Å². The zero-order valence-electron chi connectivity index (χ0n) is 20.6. The number of amides is 2. The number of pyridine rings is 2. The van der Waals surface area contributed by atoms with E-state index in [2.05, 4.69) is 20.9 Å². The summed E-state index contributed by atoms with van der Waals surface area (Å²) in [5.74, 6) is 1.12. The molecule has 0 saturated heterocycles. The Labute approximate surface area is 215 Å². The standard InChI is InChI=1S/C27H33N5O5/c33-16-20(34)15-29-25-10-9-19(14-28-25)24-11-22(21-3-1-2-4-23(21)32-24)26(35)30-12-17-5-7-18(8-6-17)13-31-27(36)37/h1-4,9-11,14,17-18,20,31,33-34H,5-8,12-13,15-16H2,(H,28,29)(H,30,35)(H,36,37). The third-order valence-corrected chi connectivity index (χ3v) is 6.81. The van der Waals surface area contributed by atoms with Gasteiger partial charge in [-0.25, -0.2) is 14.8 Å². The van der Waals surface area contributed by atoms with Gasteiger partial charge in [0.1, 0.15) is 5.82 Å². The van der Waals surface area contributed by atoms with Gasteiger partial charge in [-0.2, -0.15) is 0 Å². The van der Waals surface area contributed by atoms with Crippen LogP contribution in [0.1, 0.15) is 36.0 Å². The van der Waals surface area contributed by atoms with Gasteiger partial charge in [0.2, 0.25) is 0 Å². The Morgan fingerprint density at radius 2 is 1.70 bits per heavy atom. The topological polar surface area (TPSA) is 157 Å². The number of para-hydroxylation sites is 1. The summed E-state index contributed by atoms with van der Waals surface area (Å²) in [5.41, 5.74) is 2.64. The molecular formula is C27H33N5O5. The summed E-state index contributed by atoms with van der Waals surface area (Å²) >= 11 is 0. The number of aliphatic hydroxyl groups is 2. The maximum Gasteiger partial charge on any atom is 0.404 e. The van der Waals surface area contributed by atoms with E-state index in [1.807, 2.05) is 30.3 Å². The quantitative estimate of drug-likeness (QED) is 0.245. The van der Waals surface area contributed by atoms with Crippen molar-refractivity contribution in [2.24, 2.45) is 11.8 Å². The van der Waals surface area contributed by atoms with Crippen molar-refractivity contribution in [2.45, 2.75) is 31.8 Å². The zero-order valence-corrected chi connectivity index (χ0v) is 20.6. The molecule has 4 rings (SSSR count). The number of hydrogen-bond acceptors (Lipinski definition) is 7. The zero-order chi connectivity index (χ0) is 26.2. The minimum Gasteiger partial charge on any atom is -0.465 e. The monoisotopic (exact) mass is 507 g/mol. The van der Waals surface area contributed by atoms with Crippen LogP contribution in [0.2, 0.25) is 0 Å². The number of nitrogens with one attached hydrogen (secondary N) is 3. The Morgan fingerprint density at radius 1 is 1.00 bits per heavy atom. The maximum atomic E-state index is 13.3. The Hall–Kier alpha value is -3.76. The van der Waals surface area contributed by atoms with Crippen LogP contribution < -0.4 is 16.0 Å². The Bertz CT molecular complexity index is 1210. The number of rotatable bonds is 10. The van der Waals surface area contributed by atoms with E-state index >= 15 is 0 Å². The molecule has 6 N–H and O–H groups in total. The van der Waals surface area contributed by atoms with Crippen molar-refractivity contribution in [1.82, 2.24) is 20.6 Å². The van der Waals surface area contributed by atoms with Crippen molar-refractivity contribution in [3.8, 4) is 11.3 Å². The number of benzene rings is 1. The van der Waals surface area contributed by atoms with Gasteiger partial charge in [0.05, 0.1) is 29.5 Å². The fourth-order valence-corrected chi connectivity index (χ4v) is 4.65. The molecular weight excluding hydrogens is 474 g/mol. The number of anilines is 1. The molecule has 1 atom stereocenters. The van der Waals surface area contributed by atoms with Gasteiger partial charge < -0.3 is 31.3 Å². The molecule has 2 amide bonds. The first-order valence-electron chi connectivity index (χ1n) is 12.6. The summed E-state index contributed by atoms with van der Waals surface area (Å²) in [6.45, 7) is 0.910. The molecule has 1 unspecified atom stereocenters. The highest BCUT2D eigenvalue weighted by Crippen LogP contribution is 2.29. The van der Waals surface area contributed by atoms with Crippen LogP contribution in [0.3, 0.4) is 0 Å². The molecule has 2 aromatic heterocycles. The predicted octanol–water partition coefficient (Wildman–Crippen LogP) is 2.87. The molecule has 10 nitrogen and oxygen atoms in total. The summed E-state index contributed by atoms with van der Waals surface area (Å²) < 4.78 is 0. The molecule has 1 aromatic carbocycles. The number of carbonyl (C=O) groups is 2. The van der Waals surface area contributed by atoms with Crippen molar-refractivity contribution in [1.29, 1.82) is 0 Å². The van der Waals surface area contributed by atoms with Gasteiger partial charge in [0.15, 0.2) is 0 Å². The van der Waals surface area contributed by atoms with E-state index in [9.17, 15) is 14.7 Å². The van der Waals surface area contributed by atoms with Crippen molar-refractivity contribution in [3.63, 3.8) is 0 Å². The highest BCUT2D eigenvalue weighted by molar-refractivity contribution is 6.07. The van der Waals surface area contributed by atoms with Crippen LogP contribution in [0, 0.1) is 11.8 Å². The number of nitrogens with zero attached hydrogens (tertiary/aromatic N) is 2. The minimum absolute atomic E-state index is 0.154. The fourth-order valence-electron chi connectivity index (χ4n) is 4.65. The molecule has 1 aliphatic rings. The SMILES string of the molecule is O=C(O)NCC1CCC(CNC(=O)c2cc(-c3ccc(NCC(O)CO)nc3)nc3ccccc23)CC1. The highest BCUT2D eigenvalue weighted by atomic mass is 16.4. The van der Waals surface area contributed by atoms with E-state index in [-0.39, 0.29) is 19.1 Å². The largest absolute Gasteiger partial charge is 0.465 e. The molecule has 0 bridgehead atoms. The lowest BCUT2D eigenvalue weighted by Crippen LogP contribution is -2.34. The number of hydrogen-bond donors (Lipinski definition) is 6. The molecule has 37 heavy (non-hydrogen) atoms. The molecule has 1 aliphatic carbocycles. The van der Waals surface area contributed by atoms with Crippen LogP contribution in [0.5, 0.6) is 0 Å². The summed E-state index contributed by atoms with van der Waals surface area (Å²) in [4.78, 5) is 33.1. The van der Waals surface area contributed by atoms with Crippen LogP contribution in [-0.4, -0.2) is 69.6 Å². The first-order valence-corrected chi connectivity index (χ1v) is 12.6. The Kier molecular flexibility index (Phi) is 8.86. The van der Waals surface area contributed by atoms with E-state index in [1.165, 1.54) is 0 Å². The van der Waals surface area contributed by atoms with Gasteiger partial charge in [-0.15, -0.1) is 0 Å². The van der Waals surface area contributed by atoms with Gasteiger partial charge in [-0.1, -0.05) is 18.2 Å². The molecule has 0 spiro atoms. The number of aromatic nitrogens is 2. The van der Waals surface area contributed by atoms with Crippen molar-refractivity contribution in [3.05, 3.63) is 54.2 Å². The van der Waals surface area contributed by atoms with Crippen LogP contribution in [0.15, 0.2) is 48.7 Å². The lowest BCUT2D eigenvalue weighted by atomic mass is 9.82. The van der Waals surface area contributed by atoms with E-state index in [1.54, 1.807) is 18.3 Å². The van der Waals surface area contributed by atoms with Gasteiger partial charge in [-0.3, -0.25) is 4.79 Å². The van der Waals surface area contributed by atoms with Gasteiger partial charge in [0, 0.05) is 36.8 Å². The number of carbonyl (C=O) groups excluding carboxylic acids is 1. The number of aliphatic hydroxyl groups excluding tert-OH is 2. The minimum atomic E-state index is -0.986. The summed E-state index contributed by atoms with van der Waals surface area (Å²) in [6.07, 6.45) is 3.60. The number of fused-ring (bicyclic) bond motifs is 1. The van der Waals surface area contributed by atoms with Crippen LogP contribution in [0.4, 0.5) is 10.6 Å². The second kappa shape index (κ2) is 12.5. The van der Waals surface area contributed by atoms with Gasteiger partial charge >= 0.3 is 6.09 Å². The third kappa shape index (κ3) is 7.14. The molecule has 0 radical (unpaired) electrons. The van der Waals surface area contributed by atoms with Gasteiger partial charge in [-0.05, 0) is 61.8 Å². The average molecular weight is 508 g/mol. The molecule has 2 heterocycles. The Morgan fingerprint density at radius 3 is 2.35 bits per heavy atom. The second-order valence-electron chi connectivity index (χ2n) is 9.50. The second-order valence-corrected chi connectivity index (χ2v) is 9.50. The molecule has 1 saturated carbocycles. The van der Waals surface area contributed by atoms with Crippen LogP contribution >= 0.6 is 0 Å². The lowest BCUT2D eigenvalue weighted by molar-refractivity contribution is 0.0942. The van der Waals surface area contributed by atoms with Crippen molar-refractivity contribution < 1.29 is 24.9 Å². The number of carboxylic acid groups (broad SMARTS) is 1. The first-order chi connectivity index (χ1) is 17.9. The van der Waals surface area contributed by atoms with E-state index in [0.717, 1.165) is 36.6 Å². The summed E-state index contributed by atoms with van der Waals surface area (Å²) in [6, 6.07) is 12.9. The van der Waals surface area contributed by atoms with E-state index in [0.29, 0.717) is 47.5 Å². The maximum absolute atomic E-state index is 13.3. The average Bonchev–Trinajstić information content (AvgIpc) is 2.93. The fraction of sp³-hybridized carbons (Fsp3) is 0.407. The van der Waals surface area contributed by atoms with Crippen molar-refractivity contribution >= 4 is 28.7 Å². The molecule has 0 aliphatic heterocycles. The Balaban J connectivity index is 1.43.